The maximum Gasteiger partial charge on any atom is 0.263 e. The SMILES string of the molecule is CN1C=C/C(=C\c2sc3ccccc3[n+]2CCC[n+]2ccccc2)c2ccccc21.[I-].[I-]. The predicted octanol–water partition coefficient (Wildman–Crippen LogP) is -0.921. The van der Waals surface area contributed by atoms with Gasteiger partial charge in [-0.05, 0) is 23.8 Å². The summed E-state index contributed by atoms with van der Waals surface area (Å²) < 4.78 is 6.07. The van der Waals surface area contributed by atoms with Crippen molar-refractivity contribution < 1.29 is 57.1 Å². The molecule has 3 nitrogen and oxygen atoms in total. The molecule has 3 heterocycles. The molecule has 4 aromatic rings. The minimum atomic E-state index is 0. The van der Waals surface area contributed by atoms with Gasteiger partial charge in [0.1, 0.15) is 4.70 Å². The fourth-order valence-corrected chi connectivity index (χ4v) is 5.17. The number of allylic oxidation sites excluding steroid dienone is 2. The summed E-state index contributed by atoms with van der Waals surface area (Å²) in [6, 6.07) is 23.6. The van der Waals surface area contributed by atoms with Crippen molar-refractivity contribution in [2.75, 3.05) is 11.9 Å². The van der Waals surface area contributed by atoms with E-state index >= 15 is 0 Å². The molecule has 0 saturated carbocycles. The molecular weight excluding hydrogens is 640 g/mol. The number of rotatable bonds is 5. The van der Waals surface area contributed by atoms with Gasteiger partial charge in [-0.3, -0.25) is 0 Å². The van der Waals surface area contributed by atoms with E-state index in [0.717, 1.165) is 19.5 Å². The van der Waals surface area contributed by atoms with Crippen LogP contribution in [-0.2, 0) is 13.1 Å². The first-order valence-electron chi connectivity index (χ1n) is 10.4. The fraction of sp³-hybridized carbons (Fsp3) is 0.154. The van der Waals surface area contributed by atoms with E-state index in [1.807, 2.05) is 11.3 Å². The molecule has 6 heteroatoms. The Hall–Kier alpha value is -1.78. The highest BCUT2D eigenvalue weighted by Crippen LogP contribution is 2.34. The van der Waals surface area contributed by atoms with Gasteiger partial charge >= 0.3 is 0 Å². The number of hydrogen-bond acceptors (Lipinski definition) is 2. The van der Waals surface area contributed by atoms with Gasteiger partial charge in [0.15, 0.2) is 25.5 Å². The Morgan fingerprint density at radius 2 is 1.62 bits per heavy atom. The first-order chi connectivity index (χ1) is 14.8. The highest BCUT2D eigenvalue weighted by atomic mass is 127. The average Bonchev–Trinajstić information content (AvgIpc) is 3.14. The largest absolute Gasteiger partial charge is 1.00 e. The Morgan fingerprint density at radius 1 is 0.875 bits per heavy atom. The highest BCUT2D eigenvalue weighted by molar-refractivity contribution is 7.18. The second-order valence-corrected chi connectivity index (χ2v) is 8.63. The third kappa shape index (κ3) is 5.23. The number of thiazole rings is 1. The lowest BCUT2D eigenvalue weighted by Gasteiger charge is -2.23. The van der Waals surface area contributed by atoms with Crippen LogP contribution in [0, 0.1) is 0 Å². The molecular formula is C26H25I2N3S. The van der Waals surface area contributed by atoms with Gasteiger partial charge in [0.05, 0.1) is 6.42 Å². The smallest absolute Gasteiger partial charge is 0.263 e. The van der Waals surface area contributed by atoms with Gasteiger partial charge in [0.25, 0.3) is 5.01 Å². The summed E-state index contributed by atoms with van der Waals surface area (Å²) >= 11 is 1.87. The third-order valence-electron chi connectivity index (χ3n) is 5.56. The standard InChI is InChI=1S/C26H25N3S.2HI/c1-27-19-14-21(22-10-3-4-11-23(22)27)20-26-29(24-12-5-6-13-25(24)30-26)18-9-17-28-15-7-2-8-16-28;;/h2-8,10-16,19-20H,9,17-18H2,1H3;2*1H/q+2;;/p-2. The van der Waals surface area contributed by atoms with Crippen molar-refractivity contribution >= 4 is 38.9 Å². The molecule has 1 aliphatic heterocycles. The quantitative estimate of drug-likeness (QED) is 0.199. The number of para-hydroxylation sites is 2. The molecule has 0 spiro atoms. The first-order valence-corrected chi connectivity index (χ1v) is 11.2. The van der Waals surface area contributed by atoms with Crippen LogP contribution < -0.4 is 62.0 Å². The predicted molar refractivity (Wildman–Crippen MR) is 125 cm³/mol. The zero-order chi connectivity index (χ0) is 20.3. The molecule has 1 aliphatic rings. The van der Waals surface area contributed by atoms with Crippen LogP contribution in [0.5, 0.6) is 0 Å². The number of aromatic nitrogens is 2. The van der Waals surface area contributed by atoms with Crippen LogP contribution >= 0.6 is 11.3 Å². The Morgan fingerprint density at radius 3 is 2.47 bits per heavy atom. The van der Waals surface area contributed by atoms with Crippen LogP contribution in [-0.4, -0.2) is 7.05 Å². The van der Waals surface area contributed by atoms with E-state index < -0.39 is 0 Å². The lowest BCUT2D eigenvalue weighted by atomic mass is 10.00. The molecule has 0 saturated heterocycles. The van der Waals surface area contributed by atoms with E-state index in [-0.39, 0.29) is 48.0 Å². The van der Waals surface area contributed by atoms with Crippen molar-refractivity contribution in [1.82, 2.24) is 0 Å². The van der Waals surface area contributed by atoms with Crippen LogP contribution in [0.15, 0.2) is 91.4 Å². The molecule has 32 heavy (non-hydrogen) atoms. The molecule has 0 radical (unpaired) electrons. The van der Waals surface area contributed by atoms with E-state index in [1.165, 1.54) is 32.0 Å². The van der Waals surface area contributed by atoms with Crippen molar-refractivity contribution in [3.63, 3.8) is 0 Å². The number of benzene rings is 2. The number of halogens is 2. The number of fused-ring (bicyclic) bond motifs is 2. The normalized spacial score (nSPS) is 13.5. The van der Waals surface area contributed by atoms with Crippen molar-refractivity contribution in [2.24, 2.45) is 0 Å². The number of hydrogen-bond donors (Lipinski definition) is 0. The Balaban J connectivity index is 0.00000144. The summed E-state index contributed by atoms with van der Waals surface area (Å²) in [6.07, 6.45) is 12.1. The van der Waals surface area contributed by atoms with Gasteiger partial charge in [-0.2, -0.15) is 4.57 Å². The molecule has 0 N–H and O–H groups in total. The van der Waals surface area contributed by atoms with Gasteiger partial charge in [0.2, 0.25) is 5.52 Å². The fourth-order valence-electron chi connectivity index (χ4n) is 4.03. The molecule has 2 aromatic carbocycles. The van der Waals surface area contributed by atoms with Crippen LogP contribution in [0.3, 0.4) is 0 Å². The molecule has 2 aromatic heterocycles. The summed E-state index contributed by atoms with van der Waals surface area (Å²) in [7, 11) is 2.10. The zero-order valence-corrected chi connectivity index (χ0v) is 23.0. The summed E-state index contributed by atoms with van der Waals surface area (Å²) in [5, 5.41) is 1.30. The number of pyridine rings is 1. The Kier molecular flexibility index (Phi) is 8.84. The number of aryl methyl sites for hydroxylation is 2. The molecule has 0 unspecified atom stereocenters. The molecule has 0 atom stereocenters. The molecule has 0 fully saturated rings. The van der Waals surface area contributed by atoms with Crippen LogP contribution in [0.1, 0.15) is 17.0 Å². The van der Waals surface area contributed by atoms with Crippen molar-refractivity contribution in [3.05, 3.63) is 102 Å². The van der Waals surface area contributed by atoms with Crippen molar-refractivity contribution in [3.8, 4) is 0 Å². The van der Waals surface area contributed by atoms with Gasteiger partial charge in [-0.25, -0.2) is 4.57 Å². The zero-order valence-electron chi connectivity index (χ0n) is 17.9. The molecule has 5 rings (SSSR count). The van der Waals surface area contributed by atoms with E-state index in [9.17, 15) is 0 Å². The lowest BCUT2D eigenvalue weighted by molar-refractivity contribution is -0.716. The number of nitrogens with zero attached hydrogens (tertiary/aromatic N) is 3. The topological polar surface area (TPSA) is 11.0 Å². The van der Waals surface area contributed by atoms with Crippen molar-refractivity contribution in [2.45, 2.75) is 19.5 Å². The van der Waals surface area contributed by atoms with E-state index in [1.54, 1.807) is 0 Å². The van der Waals surface area contributed by atoms with E-state index in [0.29, 0.717) is 0 Å². The summed E-state index contributed by atoms with van der Waals surface area (Å²) in [5.74, 6) is 0. The van der Waals surface area contributed by atoms with Gasteiger partial charge in [0, 0.05) is 48.8 Å². The van der Waals surface area contributed by atoms with E-state index in [4.69, 9.17) is 0 Å². The average molecular weight is 665 g/mol. The molecule has 0 bridgehead atoms. The van der Waals surface area contributed by atoms with Crippen LogP contribution in [0.2, 0.25) is 0 Å². The van der Waals surface area contributed by atoms with Gasteiger partial charge in [-0.15, -0.1) is 0 Å². The van der Waals surface area contributed by atoms with Crippen LogP contribution in [0.4, 0.5) is 5.69 Å². The first kappa shape index (κ1) is 24.9. The van der Waals surface area contributed by atoms with Crippen molar-refractivity contribution in [1.29, 1.82) is 0 Å². The Bertz CT molecular complexity index is 1250. The summed E-state index contributed by atoms with van der Waals surface area (Å²) in [4.78, 5) is 2.18. The summed E-state index contributed by atoms with van der Waals surface area (Å²) in [6.45, 7) is 2.01. The molecule has 164 valence electrons. The van der Waals surface area contributed by atoms with Gasteiger partial charge < -0.3 is 52.9 Å². The lowest BCUT2D eigenvalue weighted by Crippen LogP contribution is -3.00. The van der Waals surface area contributed by atoms with Crippen LogP contribution in [0.25, 0.3) is 21.9 Å². The molecule has 0 aliphatic carbocycles. The Labute approximate surface area is 227 Å². The third-order valence-corrected chi connectivity index (χ3v) is 6.68. The minimum Gasteiger partial charge on any atom is -1.00 e. The van der Waals surface area contributed by atoms with E-state index in [2.05, 4.69) is 119 Å². The summed E-state index contributed by atoms with van der Waals surface area (Å²) in [5.41, 5.74) is 5.12. The maximum absolute atomic E-state index is 2.48. The van der Waals surface area contributed by atoms with Gasteiger partial charge in [-0.1, -0.05) is 47.7 Å². The maximum atomic E-state index is 2.48. The minimum absolute atomic E-state index is 0. The second-order valence-electron chi connectivity index (χ2n) is 7.57. The monoisotopic (exact) mass is 665 g/mol. The highest BCUT2D eigenvalue weighted by Gasteiger charge is 2.21. The number of anilines is 1. The second kappa shape index (κ2) is 11.4. The molecule has 0 amide bonds.